The third-order valence-corrected chi connectivity index (χ3v) is 3.95. The standard InChI is InChI=1S/C18H23N5.HI/c19-18(22-17-8-1-2-9-20-17)21-13-15-6-5-7-16(12-15)14-23-10-3-4-11-23;/h1-2,5-9,12H,3-4,10-11,13-14H2,(H3,19,20,21,22);1H. The van der Waals surface area contributed by atoms with Crippen LogP contribution in [-0.4, -0.2) is 28.9 Å². The molecule has 5 nitrogen and oxygen atoms in total. The number of guanidine groups is 1. The van der Waals surface area contributed by atoms with Gasteiger partial charge in [0.2, 0.25) is 0 Å². The summed E-state index contributed by atoms with van der Waals surface area (Å²) in [6.45, 7) is 4.02. The topological polar surface area (TPSA) is 66.5 Å². The van der Waals surface area contributed by atoms with E-state index in [0.717, 1.165) is 6.54 Å². The highest BCUT2D eigenvalue weighted by Crippen LogP contribution is 2.14. The van der Waals surface area contributed by atoms with Crippen molar-refractivity contribution >= 4 is 35.8 Å². The number of nitrogens with two attached hydrogens (primary N) is 1. The van der Waals surface area contributed by atoms with Crippen LogP contribution >= 0.6 is 24.0 Å². The lowest BCUT2D eigenvalue weighted by atomic mass is 10.1. The fourth-order valence-corrected chi connectivity index (χ4v) is 2.81. The fourth-order valence-electron chi connectivity index (χ4n) is 2.81. The Morgan fingerprint density at radius 3 is 2.67 bits per heavy atom. The van der Waals surface area contributed by atoms with E-state index in [2.05, 4.69) is 44.5 Å². The van der Waals surface area contributed by atoms with Gasteiger partial charge >= 0.3 is 0 Å². The number of hydrogen-bond donors (Lipinski definition) is 2. The quantitative estimate of drug-likeness (QED) is 0.428. The second kappa shape index (κ2) is 9.58. The second-order valence-corrected chi connectivity index (χ2v) is 5.84. The van der Waals surface area contributed by atoms with Crippen molar-refractivity contribution in [3.63, 3.8) is 0 Å². The average Bonchev–Trinajstić information content (AvgIpc) is 3.07. The van der Waals surface area contributed by atoms with E-state index in [-0.39, 0.29) is 24.0 Å². The van der Waals surface area contributed by atoms with Gasteiger partial charge < -0.3 is 11.1 Å². The normalized spacial score (nSPS) is 15.1. The Kier molecular flexibility index (Phi) is 7.45. The zero-order valence-electron chi connectivity index (χ0n) is 13.7. The van der Waals surface area contributed by atoms with Crippen LogP contribution < -0.4 is 11.1 Å². The summed E-state index contributed by atoms with van der Waals surface area (Å²) in [5.41, 5.74) is 8.43. The number of aromatic nitrogens is 1. The van der Waals surface area contributed by atoms with Gasteiger partial charge in [0, 0.05) is 12.7 Å². The highest BCUT2D eigenvalue weighted by molar-refractivity contribution is 14.0. The summed E-state index contributed by atoms with van der Waals surface area (Å²) in [6.07, 6.45) is 4.36. The smallest absolute Gasteiger partial charge is 0.194 e. The molecular weight excluding hydrogens is 413 g/mol. The molecule has 24 heavy (non-hydrogen) atoms. The van der Waals surface area contributed by atoms with Crippen molar-refractivity contribution in [1.29, 1.82) is 0 Å². The Labute approximate surface area is 160 Å². The molecule has 0 aliphatic carbocycles. The third-order valence-electron chi connectivity index (χ3n) is 3.95. The van der Waals surface area contributed by atoms with Crippen LogP contribution in [0.1, 0.15) is 24.0 Å². The largest absolute Gasteiger partial charge is 0.370 e. The van der Waals surface area contributed by atoms with E-state index in [1.54, 1.807) is 6.20 Å². The first-order valence-electron chi connectivity index (χ1n) is 8.08. The fraction of sp³-hybridized carbons (Fsp3) is 0.333. The van der Waals surface area contributed by atoms with Crippen LogP contribution in [0.4, 0.5) is 5.82 Å². The molecule has 1 aliphatic heterocycles. The van der Waals surface area contributed by atoms with Crippen molar-refractivity contribution in [2.24, 2.45) is 10.7 Å². The lowest BCUT2D eigenvalue weighted by molar-refractivity contribution is 0.331. The van der Waals surface area contributed by atoms with Crippen LogP contribution in [0.2, 0.25) is 0 Å². The Morgan fingerprint density at radius 2 is 1.92 bits per heavy atom. The maximum atomic E-state index is 5.91. The molecule has 2 aromatic rings. The van der Waals surface area contributed by atoms with Crippen molar-refractivity contribution < 1.29 is 0 Å². The van der Waals surface area contributed by atoms with E-state index in [4.69, 9.17) is 5.73 Å². The van der Waals surface area contributed by atoms with Crippen LogP contribution in [0.3, 0.4) is 0 Å². The Bertz CT molecular complexity index is 653. The van der Waals surface area contributed by atoms with Crippen molar-refractivity contribution in [3.8, 4) is 0 Å². The highest BCUT2D eigenvalue weighted by Gasteiger charge is 2.11. The third kappa shape index (κ3) is 5.76. The number of pyridine rings is 1. The minimum Gasteiger partial charge on any atom is -0.370 e. The average molecular weight is 437 g/mol. The number of aliphatic imine (C=N–C) groups is 1. The van der Waals surface area contributed by atoms with Gasteiger partial charge in [-0.1, -0.05) is 30.3 Å². The molecule has 2 heterocycles. The van der Waals surface area contributed by atoms with Gasteiger partial charge in [0.25, 0.3) is 0 Å². The molecule has 0 bridgehead atoms. The highest BCUT2D eigenvalue weighted by atomic mass is 127. The lowest BCUT2D eigenvalue weighted by Crippen LogP contribution is -2.23. The summed E-state index contributed by atoms with van der Waals surface area (Å²) in [7, 11) is 0. The summed E-state index contributed by atoms with van der Waals surface area (Å²) in [6, 6.07) is 14.2. The van der Waals surface area contributed by atoms with Gasteiger partial charge in [-0.25, -0.2) is 9.98 Å². The first kappa shape index (κ1) is 18.7. The number of hydrogen-bond acceptors (Lipinski definition) is 3. The van der Waals surface area contributed by atoms with Gasteiger partial charge in [0.05, 0.1) is 6.54 Å². The molecule has 3 N–H and O–H groups in total. The van der Waals surface area contributed by atoms with E-state index in [9.17, 15) is 0 Å². The van der Waals surface area contributed by atoms with Gasteiger partial charge in [0.1, 0.15) is 5.82 Å². The molecule has 3 rings (SSSR count). The molecule has 1 aromatic heterocycles. The van der Waals surface area contributed by atoms with Crippen molar-refractivity contribution in [2.45, 2.75) is 25.9 Å². The summed E-state index contributed by atoms with van der Waals surface area (Å²) in [5, 5.41) is 2.99. The Balaban J connectivity index is 0.00000208. The molecule has 0 amide bonds. The number of rotatable bonds is 5. The second-order valence-electron chi connectivity index (χ2n) is 5.84. The number of nitrogens with one attached hydrogen (secondary N) is 1. The van der Waals surface area contributed by atoms with E-state index in [1.165, 1.54) is 37.1 Å². The monoisotopic (exact) mass is 437 g/mol. The maximum Gasteiger partial charge on any atom is 0.194 e. The molecule has 0 atom stereocenters. The van der Waals surface area contributed by atoms with Gasteiger partial charge in [0.15, 0.2) is 5.96 Å². The lowest BCUT2D eigenvalue weighted by Gasteiger charge is -2.14. The minimum absolute atomic E-state index is 0. The molecule has 6 heteroatoms. The predicted molar refractivity (Wildman–Crippen MR) is 110 cm³/mol. The van der Waals surface area contributed by atoms with Crippen LogP contribution in [0.15, 0.2) is 53.7 Å². The summed E-state index contributed by atoms with van der Waals surface area (Å²) >= 11 is 0. The molecule has 0 saturated carbocycles. The van der Waals surface area contributed by atoms with Gasteiger partial charge in [-0.05, 0) is 49.2 Å². The summed E-state index contributed by atoms with van der Waals surface area (Å²) < 4.78 is 0. The molecule has 128 valence electrons. The molecule has 1 saturated heterocycles. The number of halogens is 1. The zero-order chi connectivity index (χ0) is 15.9. The van der Waals surface area contributed by atoms with Crippen molar-refractivity contribution in [3.05, 3.63) is 59.8 Å². The zero-order valence-corrected chi connectivity index (χ0v) is 16.0. The Morgan fingerprint density at radius 1 is 1.12 bits per heavy atom. The van der Waals surface area contributed by atoms with Crippen molar-refractivity contribution in [1.82, 2.24) is 9.88 Å². The van der Waals surface area contributed by atoms with Gasteiger partial charge in [-0.3, -0.25) is 4.90 Å². The molecule has 0 spiro atoms. The summed E-state index contributed by atoms with van der Waals surface area (Å²) in [4.78, 5) is 11.1. The molecule has 0 radical (unpaired) electrons. The van der Waals surface area contributed by atoms with Crippen LogP contribution in [-0.2, 0) is 13.1 Å². The van der Waals surface area contributed by atoms with E-state index >= 15 is 0 Å². The Hall–Kier alpha value is -1.67. The summed E-state index contributed by atoms with van der Waals surface area (Å²) in [5.74, 6) is 1.09. The van der Waals surface area contributed by atoms with Gasteiger partial charge in [-0.15, -0.1) is 24.0 Å². The molecular formula is C18H24IN5. The van der Waals surface area contributed by atoms with Crippen LogP contribution in [0, 0.1) is 0 Å². The molecule has 0 unspecified atom stereocenters. The number of likely N-dealkylation sites (tertiary alicyclic amines) is 1. The van der Waals surface area contributed by atoms with Gasteiger partial charge in [-0.2, -0.15) is 0 Å². The SMILES string of the molecule is I.NC(=NCc1cccc(CN2CCCC2)c1)Nc1ccccn1. The van der Waals surface area contributed by atoms with Crippen molar-refractivity contribution in [2.75, 3.05) is 18.4 Å². The first-order valence-corrected chi connectivity index (χ1v) is 8.08. The predicted octanol–water partition coefficient (Wildman–Crippen LogP) is 3.22. The minimum atomic E-state index is 0. The van der Waals surface area contributed by atoms with Crippen LogP contribution in [0.25, 0.3) is 0 Å². The molecule has 1 aliphatic rings. The molecule has 1 fully saturated rings. The van der Waals surface area contributed by atoms with E-state index in [0.29, 0.717) is 18.3 Å². The number of nitrogens with zero attached hydrogens (tertiary/aromatic N) is 3. The van der Waals surface area contributed by atoms with E-state index in [1.807, 2.05) is 18.2 Å². The maximum absolute atomic E-state index is 5.91. The number of benzene rings is 1. The van der Waals surface area contributed by atoms with Crippen LogP contribution in [0.5, 0.6) is 0 Å². The van der Waals surface area contributed by atoms with E-state index < -0.39 is 0 Å². The number of anilines is 1. The molecule has 1 aromatic carbocycles. The first-order chi connectivity index (χ1) is 11.3.